The lowest BCUT2D eigenvalue weighted by atomic mass is 10.1. The van der Waals surface area contributed by atoms with Crippen molar-refractivity contribution in [2.24, 2.45) is 0 Å². The Bertz CT molecular complexity index is 849. The van der Waals surface area contributed by atoms with Crippen LogP contribution in [0.3, 0.4) is 0 Å². The zero-order valence-corrected chi connectivity index (χ0v) is 14.0. The average molecular weight is 391 g/mol. The molecular weight excluding hydrogens is 379 g/mol. The maximum atomic E-state index is 12.8. The SMILES string of the molecule is O=C(Cc1ccc(F)cc1)OCc1nnc(-c2ccccc2Br)o1. The predicted molar refractivity (Wildman–Crippen MR) is 87.3 cm³/mol. The van der Waals surface area contributed by atoms with Crippen LogP contribution >= 0.6 is 15.9 Å². The van der Waals surface area contributed by atoms with Gasteiger partial charge in [0.25, 0.3) is 5.89 Å². The van der Waals surface area contributed by atoms with E-state index in [0.29, 0.717) is 11.5 Å². The van der Waals surface area contributed by atoms with Crippen molar-refractivity contribution >= 4 is 21.9 Å². The van der Waals surface area contributed by atoms with E-state index in [-0.39, 0.29) is 24.7 Å². The van der Waals surface area contributed by atoms with Crippen molar-refractivity contribution in [3.8, 4) is 11.5 Å². The van der Waals surface area contributed by atoms with Crippen molar-refractivity contribution in [2.75, 3.05) is 0 Å². The number of nitrogens with zero attached hydrogens (tertiary/aromatic N) is 2. The highest BCUT2D eigenvalue weighted by atomic mass is 79.9. The number of halogens is 2. The Morgan fingerprint density at radius 2 is 1.88 bits per heavy atom. The number of hydrogen-bond donors (Lipinski definition) is 0. The highest BCUT2D eigenvalue weighted by Gasteiger charge is 2.13. The van der Waals surface area contributed by atoms with Gasteiger partial charge >= 0.3 is 5.97 Å². The summed E-state index contributed by atoms with van der Waals surface area (Å²) >= 11 is 3.41. The second kappa shape index (κ2) is 7.35. The molecule has 0 N–H and O–H groups in total. The Morgan fingerprint density at radius 1 is 1.12 bits per heavy atom. The van der Waals surface area contributed by atoms with E-state index in [1.807, 2.05) is 24.3 Å². The summed E-state index contributed by atoms with van der Waals surface area (Å²) in [6, 6.07) is 13.1. The van der Waals surface area contributed by atoms with E-state index in [9.17, 15) is 9.18 Å². The summed E-state index contributed by atoms with van der Waals surface area (Å²) in [6.07, 6.45) is 0.0471. The molecule has 0 aliphatic carbocycles. The van der Waals surface area contributed by atoms with Crippen LogP contribution in [0.15, 0.2) is 57.4 Å². The van der Waals surface area contributed by atoms with E-state index in [2.05, 4.69) is 26.1 Å². The van der Waals surface area contributed by atoms with Crippen LogP contribution in [-0.2, 0) is 22.6 Å². The van der Waals surface area contributed by atoms with Crippen molar-refractivity contribution in [2.45, 2.75) is 13.0 Å². The molecule has 0 bridgehead atoms. The number of rotatable bonds is 5. The quantitative estimate of drug-likeness (QED) is 0.617. The standard InChI is InChI=1S/C17H12BrFN2O3/c18-14-4-2-1-3-13(14)17-21-20-15(24-17)10-23-16(22)9-11-5-7-12(19)8-6-11/h1-8H,9-10H2. The number of aromatic nitrogens is 2. The molecule has 0 spiro atoms. The summed E-state index contributed by atoms with van der Waals surface area (Å²) in [4.78, 5) is 11.8. The van der Waals surface area contributed by atoms with Crippen LogP contribution in [0.4, 0.5) is 4.39 Å². The molecule has 0 aliphatic rings. The van der Waals surface area contributed by atoms with Gasteiger partial charge < -0.3 is 9.15 Å². The molecule has 3 aromatic rings. The van der Waals surface area contributed by atoms with Gasteiger partial charge in [0.1, 0.15) is 5.82 Å². The van der Waals surface area contributed by atoms with Crippen LogP contribution in [0.1, 0.15) is 11.5 Å². The fourth-order valence-corrected chi connectivity index (χ4v) is 2.47. The molecule has 3 rings (SSSR count). The Morgan fingerprint density at radius 3 is 2.62 bits per heavy atom. The third-order valence-corrected chi connectivity index (χ3v) is 3.88. The van der Waals surface area contributed by atoms with E-state index in [4.69, 9.17) is 9.15 Å². The summed E-state index contributed by atoms with van der Waals surface area (Å²) in [5.74, 6) is -0.264. The van der Waals surface area contributed by atoms with Gasteiger partial charge in [-0.25, -0.2) is 4.39 Å². The topological polar surface area (TPSA) is 65.2 Å². The van der Waals surface area contributed by atoms with Crippen LogP contribution in [0, 0.1) is 5.82 Å². The molecule has 0 amide bonds. The smallest absolute Gasteiger partial charge is 0.310 e. The van der Waals surface area contributed by atoms with Gasteiger partial charge in [-0.2, -0.15) is 0 Å². The molecule has 24 heavy (non-hydrogen) atoms. The Kier molecular flexibility index (Phi) is 5.00. The minimum Gasteiger partial charge on any atom is -0.455 e. The monoisotopic (exact) mass is 390 g/mol. The lowest BCUT2D eigenvalue weighted by molar-refractivity contribution is -0.144. The summed E-state index contributed by atoms with van der Waals surface area (Å²) < 4.78 is 24.2. The summed E-state index contributed by atoms with van der Waals surface area (Å²) in [7, 11) is 0. The maximum Gasteiger partial charge on any atom is 0.310 e. The third-order valence-electron chi connectivity index (χ3n) is 3.19. The highest BCUT2D eigenvalue weighted by Crippen LogP contribution is 2.26. The lowest BCUT2D eigenvalue weighted by Gasteiger charge is -2.02. The molecular formula is C17H12BrFN2O3. The summed E-state index contributed by atoms with van der Waals surface area (Å²) in [5.41, 5.74) is 1.43. The van der Waals surface area contributed by atoms with Gasteiger partial charge in [0, 0.05) is 4.47 Å². The number of hydrogen-bond acceptors (Lipinski definition) is 5. The Balaban J connectivity index is 1.58. The molecule has 0 fully saturated rings. The van der Waals surface area contributed by atoms with Gasteiger partial charge in [0.05, 0.1) is 12.0 Å². The van der Waals surface area contributed by atoms with Crippen LogP contribution in [0.2, 0.25) is 0 Å². The van der Waals surface area contributed by atoms with Crippen molar-refractivity contribution < 1.29 is 18.3 Å². The number of carbonyl (C=O) groups excluding carboxylic acids is 1. The minimum atomic E-state index is -0.456. The molecule has 0 saturated carbocycles. The van der Waals surface area contributed by atoms with Crippen molar-refractivity contribution in [3.63, 3.8) is 0 Å². The molecule has 7 heteroatoms. The van der Waals surface area contributed by atoms with E-state index >= 15 is 0 Å². The largest absolute Gasteiger partial charge is 0.455 e. The molecule has 0 unspecified atom stereocenters. The highest BCUT2D eigenvalue weighted by molar-refractivity contribution is 9.10. The van der Waals surface area contributed by atoms with E-state index < -0.39 is 5.97 Å². The number of carbonyl (C=O) groups is 1. The normalized spacial score (nSPS) is 10.6. The first-order valence-corrected chi connectivity index (χ1v) is 7.88. The lowest BCUT2D eigenvalue weighted by Crippen LogP contribution is -2.08. The average Bonchev–Trinajstić information content (AvgIpc) is 3.04. The molecule has 1 heterocycles. The van der Waals surface area contributed by atoms with E-state index in [0.717, 1.165) is 10.0 Å². The minimum absolute atomic E-state index is 0.0471. The van der Waals surface area contributed by atoms with E-state index in [1.54, 1.807) is 0 Å². The Hall–Kier alpha value is -2.54. The second-order valence-corrected chi connectivity index (χ2v) is 5.80. The molecule has 2 aromatic carbocycles. The first-order valence-electron chi connectivity index (χ1n) is 7.09. The number of benzene rings is 2. The second-order valence-electron chi connectivity index (χ2n) is 4.94. The zero-order chi connectivity index (χ0) is 16.9. The van der Waals surface area contributed by atoms with Crippen LogP contribution in [0.25, 0.3) is 11.5 Å². The Labute approximate surface area is 145 Å². The molecule has 0 aliphatic heterocycles. The summed E-state index contributed by atoms with van der Waals surface area (Å²) in [6.45, 7) is -0.114. The summed E-state index contributed by atoms with van der Waals surface area (Å²) in [5, 5.41) is 7.80. The molecule has 0 atom stereocenters. The number of ether oxygens (including phenoxy) is 1. The van der Waals surface area contributed by atoms with E-state index in [1.165, 1.54) is 24.3 Å². The van der Waals surface area contributed by atoms with Crippen molar-refractivity contribution in [3.05, 3.63) is 70.3 Å². The maximum absolute atomic E-state index is 12.8. The fourth-order valence-electron chi connectivity index (χ4n) is 2.02. The fraction of sp³-hybridized carbons (Fsp3) is 0.118. The predicted octanol–water partition coefficient (Wildman–Crippen LogP) is 3.92. The third kappa shape index (κ3) is 4.05. The van der Waals surface area contributed by atoms with Crippen LogP contribution in [0.5, 0.6) is 0 Å². The van der Waals surface area contributed by atoms with Gasteiger partial charge in [-0.15, -0.1) is 10.2 Å². The first kappa shape index (κ1) is 16.3. The molecule has 122 valence electrons. The van der Waals surface area contributed by atoms with Gasteiger partial charge in [0.2, 0.25) is 5.89 Å². The van der Waals surface area contributed by atoms with Gasteiger partial charge in [0.15, 0.2) is 6.61 Å². The van der Waals surface area contributed by atoms with Gasteiger partial charge in [-0.05, 0) is 45.8 Å². The van der Waals surface area contributed by atoms with Gasteiger partial charge in [-0.3, -0.25) is 4.79 Å². The molecule has 1 aromatic heterocycles. The molecule has 0 saturated heterocycles. The number of esters is 1. The van der Waals surface area contributed by atoms with Gasteiger partial charge in [-0.1, -0.05) is 24.3 Å². The zero-order valence-electron chi connectivity index (χ0n) is 12.4. The van der Waals surface area contributed by atoms with Crippen LogP contribution < -0.4 is 0 Å². The molecule has 0 radical (unpaired) electrons. The molecule has 5 nitrogen and oxygen atoms in total. The van der Waals surface area contributed by atoms with Crippen LogP contribution in [-0.4, -0.2) is 16.2 Å². The van der Waals surface area contributed by atoms with Crippen molar-refractivity contribution in [1.29, 1.82) is 0 Å². The van der Waals surface area contributed by atoms with Crippen molar-refractivity contribution in [1.82, 2.24) is 10.2 Å². The first-order chi connectivity index (χ1) is 11.6.